The Morgan fingerprint density at radius 2 is 1.81 bits per heavy atom. The number of aromatic nitrogens is 1. The molecule has 0 amide bonds. The summed E-state index contributed by atoms with van der Waals surface area (Å²) in [7, 11) is 0. The quantitative estimate of drug-likeness (QED) is 0.371. The minimum atomic E-state index is 0.507. The standard InChI is InChI=1S/C22H27N3O2/c1-16-11-12-20(18-9-6-8-17(16)18)27-22-19(10-7-13-23-22)21(24-26)25-14-4-2-3-5-15-25/h7,10-13,26H,2-6,8-9,14-15H2,1H3/b24-21-. The van der Waals surface area contributed by atoms with Crippen molar-refractivity contribution in [2.45, 2.75) is 51.9 Å². The van der Waals surface area contributed by atoms with E-state index in [9.17, 15) is 5.21 Å². The fourth-order valence-electron chi connectivity index (χ4n) is 4.26. The van der Waals surface area contributed by atoms with E-state index in [1.807, 2.05) is 18.2 Å². The zero-order valence-corrected chi connectivity index (χ0v) is 15.9. The first-order valence-corrected chi connectivity index (χ1v) is 9.99. The lowest BCUT2D eigenvalue weighted by Crippen LogP contribution is -2.33. The summed E-state index contributed by atoms with van der Waals surface area (Å²) in [6.07, 6.45) is 9.73. The SMILES string of the molecule is Cc1ccc(Oc2ncccc2/C(=N/O)N2CCCCCC2)c2c1CCC2. The summed E-state index contributed by atoms with van der Waals surface area (Å²) >= 11 is 0. The second kappa shape index (κ2) is 7.99. The molecule has 5 heteroatoms. The van der Waals surface area contributed by atoms with Crippen molar-refractivity contribution in [3.05, 3.63) is 52.7 Å². The Balaban J connectivity index is 1.67. The number of fused-ring (bicyclic) bond motifs is 1. The molecule has 0 unspecified atom stereocenters. The molecule has 1 saturated heterocycles. The number of likely N-dealkylation sites (tertiary alicyclic amines) is 1. The Kier molecular flexibility index (Phi) is 5.28. The molecule has 1 fully saturated rings. The maximum atomic E-state index is 9.77. The molecule has 2 aromatic rings. The van der Waals surface area contributed by atoms with Crippen LogP contribution in [0.1, 0.15) is 54.4 Å². The van der Waals surface area contributed by atoms with Gasteiger partial charge in [0.15, 0.2) is 5.84 Å². The summed E-state index contributed by atoms with van der Waals surface area (Å²) in [5.74, 6) is 1.94. The predicted octanol–water partition coefficient (Wildman–Crippen LogP) is 4.68. The lowest BCUT2D eigenvalue weighted by atomic mass is 10.0. The second-order valence-corrected chi connectivity index (χ2v) is 7.47. The van der Waals surface area contributed by atoms with Crippen molar-refractivity contribution < 1.29 is 9.94 Å². The smallest absolute Gasteiger partial charge is 0.230 e. The van der Waals surface area contributed by atoms with Crippen LogP contribution in [0.25, 0.3) is 0 Å². The zero-order chi connectivity index (χ0) is 18.6. The Morgan fingerprint density at radius 1 is 1.04 bits per heavy atom. The van der Waals surface area contributed by atoms with Crippen LogP contribution >= 0.6 is 0 Å². The van der Waals surface area contributed by atoms with E-state index in [0.29, 0.717) is 11.7 Å². The van der Waals surface area contributed by atoms with Crippen LogP contribution in [-0.2, 0) is 12.8 Å². The highest BCUT2D eigenvalue weighted by Gasteiger charge is 2.23. The fraction of sp³-hybridized carbons (Fsp3) is 0.455. The molecule has 1 N–H and O–H groups in total. The number of amidine groups is 1. The van der Waals surface area contributed by atoms with E-state index in [1.54, 1.807) is 6.20 Å². The van der Waals surface area contributed by atoms with Gasteiger partial charge in [0.1, 0.15) is 5.75 Å². The number of hydrogen-bond acceptors (Lipinski definition) is 4. The number of aryl methyl sites for hydroxylation is 1. The first-order chi connectivity index (χ1) is 13.3. The van der Waals surface area contributed by atoms with Gasteiger partial charge in [-0.3, -0.25) is 0 Å². The monoisotopic (exact) mass is 365 g/mol. The van der Waals surface area contributed by atoms with Crippen LogP contribution in [0.2, 0.25) is 0 Å². The molecule has 2 heterocycles. The third-order valence-electron chi connectivity index (χ3n) is 5.69. The van der Waals surface area contributed by atoms with Crippen LogP contribution in [0.3, 0.4) is 0 Å². The number of oxime groups is 1. The number of ether oxygens (including phenoxy) is 1. The molecule has 27 heavy (non-hydrogen) atoms. The predicted molar refractivity (Wildman–Crippen MR) is 106 cm³/mol. The molecule has 0 spiro atoms. The maximum absolute atomic E-state index is 9.77. The summed E-state index contributed by atoms with van der Waals surface area (Å²) in [6, 6.07) is 7.96. The summed E-state index contributed by atoms with van der Waals surface area (Å²) < 4.78 is 6.28. The minimum Gasteiger partial charge on any atom is -0.438 e. The number of hydrogen-bond donors (Lipinski definition) is 1. The lowest BCUT2D eigenvalue weighted by molar-refractivity contribution is 0.300. The van der Waals surface area contributed by atoms with Crippen LogP contribution in [0, 0.1) is 6.92 Å². The van der Waals surface area contributed by atoms with Crippen molar-refractivity contribution >= 4 is 5.84 Å². The van der Waals surface area contributed by atoms with Crippen molar-refractivity contribution in [1.82, 2.24) is 9.88 Å². The van der Waals surface area contributed by atoms with Crippen molar-refractivity contribution in [3.8, 4) is 11.6 Å². The average Bonchev–Trinajstić information content (AvgIpc) is 3.04. The molecule has 1 aliphatic carbocycles. The molecular formula is C22H27N3O2. The highest BCUT2D eigenvalue weighted by Crippen LogP contribution is 2.36. The van der Waals surface area contributed by atoms with Gasteiger partial charge < -0.3 is 14.8 Å². The van der Waals surface area contributed by atoms with Crippen LogP contribution in [0.4, 0.5) is 0 Å². The highest BCUT2D eigenvalue weighted by molar-refractivity contribution is 6.00. The molecule has 1 aliphatic heterocycles. The van der Waals surface area contributed by atoms with E-state index >= 15 is 0 Å². The molecule has 0 saturated carbocycles. The summed E-state index contributed by atoms with van der Waals surface area (Å²) in [6.45, 7) is 3.96. The van der Waals surface area contributed by atoms with Crippen molar-refractivity contribution in [3.63, 3.8) is 0 Å². The van der Waals surface area contributed by atoms with E-state index in [4.69, 9.17) is 4.74 Å². The van der Waals surface area contributed by atoms with Gasteiger partial charge in [0.25, 0.3) is 0 Å². The van der Waals surface area contributed by atoms with Crippen LogP contribution in [0.5, 0.6) is 11.6 Å². The first kappa shape index (κ1) is 17.8. The topological polar surface area (TPSA) is 58.0 Å². The van der Waals surface area contributed by atoms with E-state index in [2.05, 4.69) is 28.0 Å². The van der Waals surface area contributed by atoms with E-state index in [0.717, 1.165) is 50.1 Å². The molecule has 0 radical (unpaired) electrons. The second-order valence-electron chi connectivity index (χ2n) is 7.47. The van der Waals surface area contributed by atoms with Crippen LogP contribution < -0.4 is 4.74 Å². The Morgan fingerprint density at radius 3 is 2.59 bits per heavy atom. The van der Waals surface area contributed by atoms with E-state index in [1.165, 1.54) is 36.0 Å². The normalized spacial score (nSPS) is 17.5. The van der Waals surface area contributed by atoms with Gasteiger partial charge >= 0.3 is 0 Å². The van der Waals surface area contributed by atoms with Crippen molar-refractivity contribution in [1.29, 1.82) is 0 Å². The van der Waals surface area contributed by atoms with Gasteiger partial charge in [-0.2, -0.15) is 0 Å². The molecule has 5 nitrogen and oxygen atoms in total. The van der Waals surface area contributed by atoms with Crippen LogP contribution in [0.15, 0.2) is 35.6 Å². The van der Waals surface area contributed by atoms with Gasteiger partial charge in [-0.05, 0) is 73.9 Å². The minimum absolute atomic E-state index is 0.507. The molecule has 1 aromatic carbocycles. The Bertz CT molecular complexity index is 839. The number of benzene rings is 1. The van der Waals surface area contributed by atoms with E-state index in [-0.39, 0.29) is 0 Å². The summed E-state index contributed by atoms with van der Waals surface area (Å²) in [4.78, 5) is 6.62. The molecule has 0 atom stereocenters. The maximum Gasteiger partial charge on any atom is 0.230 e. The fourth-order valence-corrected chi connectivity index (χ4v) is 4.26. The van der Waals surface area contributed by atoms with Gasteiger partial charge in [-0.1, -0.05) is 24.1 Å². The Labute approximate surface area is 160 Å². The molecule has 1 aromatic heterocycles. The van der Waals surface area contributed by atoms with E-state index < -0.39 is 0 Å². The summed E-state index contributed by atoms with van der Waals surface area (Å²) in [5, 5.41) is 13.4. The summed E-state index contributed by atoms with van der Waals surface area (Å²) in [5.41, 5.74) is 4.78. The van der Waals surface area contributed by atoms with Crippen molar-refractivity contribution in [2.75, 3.05) is 13.1 Å². The van der Waals surface area contributed by atoms with Gasteiger partial charge in [0, 0.05) is 19.3 Å². The zero-order valence-electron chi connectivity index (χ0n) is 15.9. The molecule has 4 rings (SSSR count). The molecule has 142 valence electrons. The molecule has 2 aliphatic rings. The number of pyridine rings is 1. The third-order valence-corrected chi connectivity index (χ3v) is 5.69. The van der Waals surface area contributed by atoms with Gasteiger partial charge in [0.2, 0.25) is 5.88 Å². The van der Waals surface area contributed by atoms with Crippen LogP contribution in [-0.4, -0.2) is 34.0 Å². The largest absolute Gasteiger partial charge is 0.438 e. The number of nitrogens with zero attached hydrogens (tertiary/aromatic N) is 3. The lowest BCUT2D eigenvalue weighted by Gasteiger charge is -2.24. The molecular weight excluding hydrogens is 338 g/mol. The average molecular weight is 365 g/mol. The Hall–Kier alpha value is -2.56. The van der Waals surface area contributed by atoms with Gasteiger partial charge in [-0.25, -0.2) is 4.98 Å². The molecule has 0 bridgehead atoms. The first-order valence-electron chi connectivity index (χ1n) is 9.99. The third kappa shape index (κ3) is 3.64. The number of rotatable bonds is 3. The van der Waals surface area contributed by atoms with Gasteiger partial charge in [0.05, 0.1) is 5.56 Å². The van der Waals surface area contributed by atoms with Crippen molar-refractivity contribution in [2.24, 2.45) is 5.16 Å². The van der Waals surface area contributed by atoms with Gasteiger partial charge in [-0.15, -0.1) is 0 Å². The highest BCUT2D eigenvalue weighted by atomic mass is 16.5.